The zero-order valence-corrected chi connectivity index (χ0v) is 11.3. The Morgan fingerprint density at radius 1 is 1.42 bits per heavy atom. The van der Waals surface area contributed by atoms with E-state index < -0.39 is 0 Å². The number of hydrogen-bond acceptors (Lipinski definition) is 3. The summed E-state index contributed by atoms with van der Waals surface area (Å²) in [6.07, 6.45) is 0. The Morgan fingerprint density at radius 3 is 3.05 bits per heavy atom. The van der Waals surface area contributed by atoms with Crippen molar-refractivity contribution >= 4 is 28.5 Å². The average molecular weight is 280 g/mol. The predicted octanol–water partition coefficient (Wildman–Crippen LogP) is 2.95. The van der Waals surface area contributed by atoms with Crippen molar-refractivity contribution in [2.45, 2.75) is 13.0 Å². The molecule has 1 amide bonds. The topological polar surface area (TPSA) is 42.7 Å². The van der Waals surface area contributed by atoms with Crippen molar-refractivity contribution in [2.75, 3.05) is 19.8 Å². The minimum atomic E-state index is -0.0943. The molecule has 0 radical (unpaired) electrons. The third-order valence-corrected chi connectivity index (χ3v) is 3.55. The van der Waals surface area contributed by atoms with E-state index in [-0.39, 0.29) is 11.9 Å². The lowest BCUT2D eigenvalue weighted by atomic mass is 10.2. The van der Waals surface area contributed by atoms with E-state index in [4.69, 9.17) is 20.8 Å². The first-order chi connectivity index (χ1) is 9.15. The van der Waals surface area contributed by atoms with Crippen molar-refractivity contribution in [2.24, 2.45) is 0 Å². The van der Waals surface area contributed by atoms with Crippen LogP contribution in [0, 0.1) is 0 Å². The molecule has 2 aromatic rings. The van der Waals surface area contributed by atoms with Gasteiger partial charge >= 0.3 is 0 Å². The summed E-state index contributed by atoms with van der Waals surface area (Å²) in [6.45, 7) is 3.70. The molecule has 100 valence electrons. The second-order valence-corrected chi connectivity index (χ2v) is 5.15. The van der Waals surface area contributed by atoms with Crippen LogP contribution in [0.3, 0.4) is 0 Å². The molecule has 1 fully saturated rings. The molecule has 1 atom stereocenters. The van der Waals surface area contributed by atoms with Gasteiger partial charge in [-0.3, -0.25) is 4.79 Å². The Kier molecular flexibility index (Phi) is 3.21. The summed E-state index contributed by atoms with van der Waals surface area (Å²) in [6, 6.07) is 7.13. The fourth-order valence-electron chi connectivity index (χ4n) is 2.29. The largest absolute Gasteiger partial charge is 0.451 e. The molecule has 19 heavy (non-hydrogen) atoms. The molecule has 0 bridgehead atoms. The van der Waals surface area contributed by atoms with E-state index in [1.165, 1.54) is 0 Å². The number of carbonyl (C=O) groups is 1. The number of morpholine rings is 1. The lowest BCUT2D eigenvalue weighted by Crippen LogP contribution is -2.47. The molecule has 1 saturated heterocycles. The number of amides is 1. The number of rotatable bonds is 1. The molecule has 0 spiro atoms. The SMILES string of the molecule is C[C@@H]1COCCN1C(=O)c1cc2cc(Cl)ccc2o1. The minimum absolute atomic E-state index is 0.0676. The molecule has 0 aliphatic carbocycles. The number of furan rings is 1. The zero-order chi connectivity index (χ0) is 13.4. The number of nitrogens with zero attached hydrogens (tertiary/aromatic N) is 1. The highest BCUT2D eigenvalue weighted by Gasteiger charge is 2.27. The van der Waals surface area contributed by atoms with Crippen LogP contribution >= 0.6 is 11.6 Å². The Bertz CT molecular complexity index is 622. The van der Waals surface area contributed by atoms with Gasteiger partial charge in [0.15, 0.2) is 5.76 Å². The van der Waals surface area contributed by atoms with E-state index in [2.05, 4.69) is 0 Å². The first-order valence-electron chi connectivity index (χ1n) is 6.23. The highest BCUT2D eigenvalue weighted by atomic mass is 35.5. The molecule has 0 unspecified atom stereocenters. The maximum absolute atomic E-state index is 12.4. The summed E-state index contributed by atoms with van der Waals surface area (Å²) in [5.41, 5.74) is 0.675. The Morgan fingerprint density at radius 2 is 2.26 bits per heavy atom. The molecule has 0 N–H and O–H groups in total. The van der Waals surface area contributed by atoms with Crippen molar-refractivity contribution in [3.63, 3.8) is 0 Å². The number of halogens is 1. The lowest BCUT2D eigenvalue weighted by molar-refractivity contribution is 0.00208. The summed E-state index contributed by atoms with van der Waals surface area (Å²) < 4.78 is 10.9. The van der Waals surface area contributed by atoms with E-state index in [0.717, 1.165) is 5.39 Å². The number of ether oxygens (including phenoxy) is 1. The van der Waals surface area contributed by atoms with Crippen LogP contribution in [0.4, 0.5) is 0 Å². The molecule has 5 heteroatoms. The van der Waals surface area contributed by atoms with Crippen LogP contribution in [0.5, 0.6) is 0 Å². The number of hydrogen-bond donors (Lipinski definition) is 0. The van der Waals surface area contributed by atoms with Gasteiger partial charge in [0, 0.05) is 17.0 Å². The molecule has 1 aromatic heterocycles. The van der Waals surface area contributed by atoms with Gasteiger partial charge in [0.2, 0.25) is 0 Å². The van der Waals surface area contributed by atoms with Crippen LogP contribution in [-0.4, -0.2) is 36.6 Å². The van der Waals surface area contributed by atoms with Crippen molar-refractivity contribution < 1.29 is 13.9 Å². The van der Waals surface area contributed by atoms with Crippen molar-refractivity contribution in [3.8, 4) is 0 Å². The molecule has 4 nitrogen and oxygen atoms in total. The second kappa shape index (κ2) is 4.87. The Labute approximate surface area is 115 Å². The summed E-state index contributed by atoms with van der Waals surface area (Å²) in [5.74, 6) is 0.258. The maximum Gasteiger partial charge on any atom is 0.290 e. The molecule has 2 heterocycles. The van der Waals surface area contributed by atoms with Gasteiger partial charge in [0.25, 0.3) is 5.91 Å². The van der Waals surface area contributed by atoms with E-state index in [1.54, 1.807) is 29.2 Å². The Balaban J connectivity index is 1.92. The zero-order valence-electron chi connectivity index (χ0n) is 10.6. The van der Waals surface area contributed by atoms with Crippen molar-refractivity contribution in [1.82, 2.24) is 4.90 Å². The van der Waals surface area contributed by atoms with Gasteiger partial charge in [-0.2, -0.15) is 0 Å². The van der Waals surface area contributed by atoms with E-state index in [0.29, 0.717) is 36.1 Å². The van der Waals surface area contributed by atoms with Crippen molar-refractivity contribution in [3.05, 3.63) is 35.0 Å². The quantitative estimate of drug-likeness (QED) is 0.806. The fourth-order valence-corrected chi connectivity index (χ4v) is 2.47. The van der Waals surface area contributed by atoms with Crippen LogP contribution in [-0.2, 0) is 4.74 Å². The van der Waals surface area contributed by atoms with E-state index >= 15 is 0 Å². The van der Waals surface area contributed by atoms with Crippen molar-refractivity contribution in [1.29, 1.82) is 0 Å². The number of carbonyl (C=O) groups excluding carboxylic acids is 1. The summed E-state index contributed by atoms with van der Waals surface area (Å²) in [4.78, 5) is 14.2. The molecular formula is C14H14ClNO3. The minimum Gasteiger partial charge on any atom is -0.451 e. The maximum atomic E-state index is 12.4. The van der Waals surface area contributed by atoms with Gasteiger partial charge in [-0.25, -0.2) is 0 Å². The van der Waals surface area contributed by atoms with Crippen LogP contribution in [0.2, 0.25) is 5.02 Å². The summed E-state index contributed by atoms with van der Waals surface area (Å²) in [5, 5.41) is 1.48. The van der Waals surface area contributed by atoms with E-state index in [9.17, 15) is 4.79 Å². The standard InChI is InChI=1S/C14H14ClNO3/c1-9-8-18-5-4-16(9)14(17)13-7-10-6-11(15)2-3-12(10)19-13/h2-3,6-7,9H,4-5,8H2,1H3/t9-/m1/s1. The first kappa shape index (κ1) is 12.5. The normalized spacial score (nSPS) is 19.9. The average Bonchev–Trinajstić information content (AvgIpc) is 2.81. The fraction of sp³-hybridized carbons (Fsp3) is 0.357. The third kappa shape index (κ3) is 2.33. The first-order valence-corrected chi connectivity index (χ1v) is 6.61. The molecular weight excluding hydrogens is 266 g/mol. The molecule has 3 rings (SSSR count). The number of fused-ring (bicyclic) bond motifs is 1. The highest BCUT2D eigenvalue weighted by molar-refractivity contribution is 6.31. The monoisotopic (exact) mass is 279 g/mol. The smallest absolute Gasteiger partial charge is 0.290 e. The predicted molar refractivity (Wildman–Crippen MR) is 72.5 cm³/mol. The summed E-state index contributed by atoms with van der Waals surface area (Å²) >= 11 is 5.93. The molecule has 1 aliphatic rings. The van der Waals surface area contributed by atoms with Crippen LogP contribution in [0.15, 0.2) is 28.7 Å². The van der Waals surface area contributed by atoms with E-state index in [1.807, 2.05) is 6.92 Å². The Hall–Kier alpha value is -1.52. The lowest BCUT2D eigenvalue weighted by Gasteiger charge is -2.32. The molecule has 0 saturated carbocycles. The highest BCUT2D eigenvalue weighted by Crippen LogP contribution is 2.24. The number of benzene rings is 1. The third-order valence-electron chi connectivity index (χ3n) is 3.32. The van der Waals surface area contributed by atoms with Gasteiger partial charge in [-0.1, -0.05) is 11.6 Å². The van der Waals surface area contributed by atoms with Gasteiger partial charge < -0.3 is 14.1 Å². The molecule has 1 aliphatic heterocycles. The van der Waals surface area contributed by atoms with Crippen LogP contribution < -0.4 is 0 Å². The van der Waals surface area contributed by atoms with Gasteiger partial charge in [-0.15, -0.1) is 0 Å². The summed E-state index contributed by atoms with van der Waals surface area (Å²) in [7, 11) is 0. The van der Waals surface area contributed by atoms with Gasteiger partial charge in [-0.05, 0) is 31.2 Å². The van der Waals surface area contributed by atoms with Crippen LogP contribution in [0.25, 0.3) is 11.0 Å². The van der Waals surface area contributed by atoms with Gasteiger partial charge in [0.1, 0.15) is 5.58 Å². The second-order valence-electron chi connectivity index (χ2n) is 4.72. The molecule has 1 aromatic carbocycles. The van der Waals surface area contributed by atoms with Crippen LogP contribution in [0.1, 0.15) is 17.5 Å². The van der Waals surface area contributed by atoms with Gasteiger partial charge in [0.05, 0.1) is 19.3 Å².